The fourth-order valence-corrected chi connectivity index (χ4v) is 1.85. The highest BCUT2D eigenvalue weighted by Crippen LogP contribution is 1.78. The quantitative estimate of drug-likeness (QED) is 0.379. The van der Waals surface area contributed by atoms with Crippen molar-refractivity contribution >= 4 is 11.8 Å². The topological polar surface area (TPSA) is 71.9 Å². The Balaban J connectivity index is 2.02. The van der Waals surface area contributed by atoms with Crippen molar-refractivity contribution in [1.29, 1.82) is 0 Å². The summed E-state index contributed by atoms with van der Waals surface area (Å²) in [4.78, 5) is 24.1. The number of morpholine rings is 1. The van der Waals surface area contributed by atoms with Crippen molar-refractivity contribution in [1.82, 2.24) is 10.6 Å². The van der Waals surface area contributed by atoms with Crippen LogP contribution in [0.3, 0.4) is 0 Å². The van der Waals surface area contributed by atoms with Crippen LogP contribution in [0.2, 0.25) is 0 Å². The third-order valence-corrected chi connectivity index (χ3v) is 2.93. The molecule has 0 aromatic carbocycles. The molecule has 0 aromatic rings. The Morgan fingerprint density at radius 2 is 1.72 bits per heavy atom. The predicted molar refractivity (Wildman–Crippen MR) is 67.3 cm³/mol. The molecule has 6 nitrogen and oxygen atoms in total. The number of amides is 2. The van der Waals surface area contributed by atoms with Crippen molar-refractivity contribution in [3.63, 3.8) is 0 Å². The Morgan fingerprint density at radius 1 is 1.11 bits per heavy atom. The van der Waals surface area contributed by atoms with Gasteiger partial charge in [0.1, 0.15) is 13.1 Å². The third kappa shape index (κ3) is 5.97. The second kappa shape index (κ2) is 8.88. The Labute approximate surface area is 108 Å². The molecule has 18 heavy (non-hydrogen) atoms. The molecular weight excluding hydrogens is 234 g/mol. The van der Waals surface area contributed by atoms with Crippen LogP contribution in [0.25, 0.3) is 0 Å². The normalized spacial score (nSPS) is 16.3. The van der Waals surface area contributed by atoms with Crippen LogP contribution >= 0.6 is 0 Å². The fourth-order valence-electron chi connectivity index (χ4n) is 1.85. The minimum Gasteiger partial charge on any atom is -0.370 e. The van der Waals surface area contributed by atoms with Gasteiger partial charge in [0.05, 0.1) is 19.8 Å². The Kier molecular flexibility index (Phi) is 7.36. The highest BCUT2D eigenvalue weighted by molar-refractivity contribution is 6.35. The van der Waals surface area contributed by atoms with Gasteiger partial charge in [-0.25, -0.2) is 0 Å². The van der Waals surface area contributed by atoms with E-state index < -0.39 is 11.8 Å². The molecule has 0 saturated carbocycles. The minimum absolute atomic E-state index is 0.527. The average molecular weight is 258 g/mol. The lowest BCUT2D eigenvalue weighted by Gasteiger charge is -2.23. The molecule has 0 atom stereocenters. The van der Waals surface area contributed by atoms with Gasteiger partial charge < -0.3 is 20.3 Å². The number of hydrogen-bond acceptors (Lipinski definition) is 3. The van der Waals surface area contributed by atoms with E-state index in [0.717, 1.165) is 45.7 Å². The molecule has 0 bridgehead atoms. The van der Waals surface area contributed by atoms with Crippen LogP contribution < -0.4 is 15.5 Å². The summed E-state index contributed by atoms with van der Waals surface area (Å²) < 4.78 is 5.27. The first-order valence-electron chi connectivity index (χ1n) is 6.71. The third-order valence-electron chi connectivity index (χ3n) is 2.93. The van der Waals surface area contributed by atoms with Crippen LogP contribution in [0.1, 0.15) is 19.8 Å². The summed E-state index contributed by atoms with van der Waals surface area (Å²) in [6.45, 7) is 7.77. The first kappa shape index (κ1) is 14.9. The van der Waals surface area contributed by atoms with Gasteiger partial charge in [-0.05, 0) is 6.42 Å². The second-order valence-electron chi connectivity index (χ2n) is 4.48. The molecule has 1 fully saturated rings. The zero-order chi connectivity index (χ0) is 13.2. The van der Waals surface area contributed by atoms with Gasteiger partial charge in [0.2, 0.25) is 0 Å². The number of carbonyl (C=O) groups is 2. The lowest BCUT2D eigenvalue weighted by Crippen LogP contribution is -3.14. The molecular formula is C12H24N3O3+. The lowest BCUT2D eigenvalue weighted by molar-refractivity contribution is -0.908. The Morgan fingerprint density at radius 3 is 2.33 bits per heavy atom. The molecule has 1 aliphatic rings. The first-order chi connectivity index (χ1) is 8.74. The molecule has 1 rings (SSSR count). The van der Waals surface area contributed by atoms with E-state index in [1.807, 2.05) is 6.92 Å². The molecule has 1 heterocycles. The molecule has 0 spiro atoms. The fraction of sp³-hybridized carbons (Fsp3) is 0.833. The molecule has 0 aliphatic carbocycles. The molecule has 2 amide bonds. The summed E-state index contributed by atoms with van der Waals surface area (Å²) in [6.07, 6.45) is 1.72. The maximum atomic E-state index is 11.4. The average Bonchev–Trinajstić information content (AvgIpc) is 2.41. The van der Waals surface area contributed by atoms with E-state index >= 15 is 0 Å². The Bertz CT molecular complexity index is 265. The predicted octanol–water partition coefficient (Wildman–Crippen LogP) is -2.07. The molecule has 1 aliphatic heterocycles. The molecule has 0 unspecified atom stereocenters. The number of nitrogens with one attached hydrogen (secondary N) is 3. The standard InChI is InChI=1S/C12H23N3O3/c1-2-4-13-11(16)12(17)14-5-3-6-15-7-9-18-10-8-15/h2-10H2,1H3,(H,13,16)(H,14,17)/p+1. The van der Waals surface area contributed by atoms with E-state index in [1.165, 1.54) is 4.90 Å². The lowest BCUT2D eigenvalue weighted by atomic mass is 10.3. The number of ether oxygens (including phenoxy) is 1. The van der Waals surface area contributed by atoms with Gasteiger partial charge in [0.15, 0.2) is 0 Å². The van der Waals surface area contributed by atoms with E-state index in [2.05, 4.69) is 10.6 Å². The number of rotatable bonds is 6. The number of hydrogen-bond donors (Lipinski definition) is 3. The van der Waals surface area contributed by atoms with Crippen molar-refractivity contribution in [2.45, 2.75) is 19.8 Å². The molecule has 0 aromatic heterocycles. The minimum atomic E-state index is -0.532. The van der Waals surface area contributed by atoms with Crippen LogP contribution in [0.5, 0.6) is 0 Å². The van der Waals surface area contributed by atoms with Gasteiger partial charge in [-0.3, -0.25) is 9.59 Å². The van der Waals surface area contributed by atoms with Crippen molar-refractivity contribution < 1.29 is 19.2 Å². The van der Waals surface area contributed by atoms with Crippen LogP contribution in [-0.2, 0) is 14.3 Å². The summed E-state index contributed by atoms with van der Waals surface area (Å²) in [5.74, 6) is -1.06. The molecule has 104 valence electrons. The van der Waals surface area contributed by atoms with Gasteiger partial charge in [-0.1, -0.05) is 6.92 Å². The Hall–Kier alpha value is -1.14. The molecule has 1 saturated heterocycles. The number of carbonyl (C=O) groups excluding carboxylic acids is 2. The van der Waals surface area contributed by atoms with Crippen LogP contribution in [0, 0.1) is 0 Å². The molecule has 3 N–H and O–H groups in total. The number of quaternary nitrogens is 1. The summed E-state index contributed by atoms with van der Waals surface area (Å²) in [5.41, 5.74) is 0. The molecule has 6 heteroatoms. The zero-order valence-electron chi connectivity index (χ0n) is 11.1. The van der Waals surface area contributed by atoms with Gasteiger partial charge in [0, 0.05) is 19.5 Å². The van der Waals surface area contributed by atoms with Crippen molar-refractivity contribution in [3.8, 4) is 0 Å². The maximum Gasteiger partial charge on any atom is 0.309 e. The van der Waals surface area contributed by atoms with E-state index in [0.29, 0.717) is 13.1 Å². The van der Waals surface area contributed by atoms with E-state index in [-0.39, 0.29) is 0 Å². The monoisotopic (exact) mass is 258 g/mol. The van der Waals surface area contributed by atoms with Crippen LogP contribution in [-0.4, -0.2) is 57.8 Å². The SMILES string of the molecule is CCCNC(=O)C(=O)NCCC[NH+]1CCOCC1. The van der Waals surface area contributed by atoms with Gasteiger partial charge in [-0.15, -0.1) is 0 Å². The van der Waals surface area contributed by atoms with Gasteiger partial charge in [0.25, 0.3) is 0 Å². The first-order valence-corrected chi connectivity index (χ1v) is 6.71. The zero-order valence-corrected chi connectivity index (χ0v) is 11.1. The van der Waals surface area contributed by atoms with Crippen molar-refractivity contribution in [2.24, 2.45) is 0 Å². The van der Waals surface area contributed by atoms with E-state index in [9.17, 15) is 9.59 Å². The van der Waals surface area contributed by atoms with E-state index in [1.54, 1.807) is 0 Å². The largest absolute Gasteiger partial charge is 0.370 e. The summed E-state index contributed by atoms with van der Waals surface area (Å²) in [7, 11) is 0. The van der Waals surface area contributed by atoms with Crippen molar-refractivity contribution in [3.05, 3.63) is 0 Å². The highest BCUT2D eigenvalue weighted by atomic mass is 16.5. The van der Waals surface area contributed by atoms with Gasteiger partial charge in [-0.2, -0.15) is 0 Å². The summed E-state index contributed by atoms with van der Waals surface area (Å²) >= 11 is 0. The van der Waals surface area contributed by atoms with E-state index in [4.69, 9.17) is 4.74 Å². The summed E-state index contributed by atoms with van der Waals surface area (Å²) in [5, 5.41) is 5.19. The highest BCUT2D eigenvalue weighted by Gasteiger charge is 2.14. The van der Waals surface area contributed by atoms with Crippen LogP contribution in [0.4, 0.5) is 0 Å². The smallest absolute Gasteiger partial charge is 0.309 e. The summed E-state index contributed by atoms with van der Waals surface area (Å²) in [6, 6.07) is 0. The van der Waals surface area contributed by atoms with Crippen LogP contribution in [0.15, 0.2) is 0 Å². The maximum absolute atomic E-state index is 11.4. The second-order valence-corrected chi connectivity index (χ2v) is 4.48. The molecule has 0 radical (unpaired) electrons. The van der Waals surface area contributed by atoms with Gasteiger partial charge >= 0.3 is 11.8 Å². The van der Waals surface area contributed by atoms with Crippen molar-refractivity contribution in [2.75, 3.05) is 45.9 Å².